The number of ether oxygens (including phenoxy) is 2. The molecule has 0 saturated heterocycles. The Morgan fingerprint density at radius 2 is 2.10 bits per heavy atom. The molecule has 1 atom stereocenters. The molecular formula is C19H17ClFN5O3. The van der Waals surface area contributed by atoms with Crippen LogP contribution in [0.4, 0.5) is 4.39 Å². The molecule has 1 aromatic carbocycles. The molecule has 0 spiro atoms. The number of aliphatic hydroxyl groups excluding tert-OH is 1. The number of hydrogen-bond acceptors (Lipinski definition) is 6. The van der Waals surface area contributed by atoms with Gasteiger partial charge in [0.15, 0.2) is 18.4 Å². The van der Waals surface area contributed by atoms with Crippen LogP contribution in [0.3, 0.4) is 0 Å². The molecule has 4 aromatic rings. The summed E-state index contributed by atoms with van der Waals surface area (Å²) in [5.41, 5.74) is 2.47. The van der Waals surface area contributed by atoms with E-state index in [-0.39, 0.29) is 12.5 Å². The maximum atomic E-state index is 14.3. The molecule has 1 unspecified atom stereocenters. The zero-order chi connectivity index (χ0) is 20.5. The Kier molecular flexibility index (Phi) is 5.18. The highest BCUT2D eigenvalue weighted by molar-refractivity contribution is 6.31. The molecule has 29 heavy (non-hydrogen) atoms. The molecule has 0 aliphatic carbocycles. The monoisotopic (exact) mass is 417 g/mol. The molecule has 3 aromatic heterocycles. The first-order valence-corrected chi connectivity index (χ1v) is 9.01. The molecule has 0 saturated carbocycles. The summed E-state index contributed by atoms with van der Waals surface area (Å²) >= 11 is 6.32. The molecule has 0 aliphatic rings. The molecule has 0 radical (unpaired) electrons. The highest BCUT2D eigenvalue weighted by Crippen LogP contribution is 2.30. The van der Waals surface area contributed by atoms with Crippen molar-refractivity contribution in [2.45, 2.75) is 13.0 Å². The first-order valence-electron chi connectivity index (χ1n) is 8.63. The number of pyridine rings is 1. The molecular weight excluding hydrogens is 401 g/mol. The van der Waals surface area contributed by atoms with Crippen LogP contribution in [-0.4, -0.2) is 43.4 Å². The molecule has 4 rings (SSSR count). The molecule has 8 nitrogen and oxygen atoms in total. The zero-order valence-electron chi connectivity index (χ0n) is 15.6. The number of imidazole rings is 1. The van der Waals surface area contributed by atoms with E-state index in [1.807, 2.05) is 0 Å². The van der Waals surface area contributed by atoms with Crippen LogP contribution < -0.4 is 4.74 Å². The Morgan fingerprint density at radius 1 is 1.28 bits per heavy atom. The highest BCUT2D eigenvalue weighted by Gasteiger charge is 2.24. The van der Waals surface area contributed by atoms with Gasteiger partial charge in [0.05, 0.1) is 40.1 Å². The number of benzene rings is 1. The van der Waals surface area contributed by atoms with E-state index >= 15 is 0 Å². The van der Waals surface area contributed by atoms with Crippen LogP contribution in [0.15, 0.2) is 42.9 Å². The highest BCUT2D eigenvalue weighted by atomic mass is 35.5. The number of halogens is 2. The third-order valence-electron chi connectivity index (χ3n) is 4.51. The van der Waals surface area contributed by atoms with E-state index in [2.05, 4.69) is 15.3 Å². The fourth-order valence-corrected chi connectivity index (χ4v) is 3.34. The lowest BCUT2D eigenvalue weighted by molar-refractivity contribution is 0.0483. The SMILES string of the molecule is COCOc1ccc(-n2nnc(C(O)c3c(Cl)ccc4cncn34)c2C)cc1F. The fourth-order valence-electron chi connectivity index (χ4n) is 3.08. The number of aromatic nitrogens is 5. The van der Waals surface area contributed by atoms with E-state index in [4.69, 9.17) is 21.1 Å². The summed E-state index contributed by atoms with van der Waals surface area (Å²) in [6.45, 7) is 1.67. The minimum Gasteiger partial charge on any atom is -0.464 e. The summed E-state index contributed by atoms with van der Waals surface area (Å²) in [6.07, 6.45) is 2.07. The van der Waals surface area contributed by atoms with Gasteiger partial charge in [0.1, 0.15) is 11.8 Å². The molecule has 0 fully saturated rings. The van der Waals surface area contributed by atoms with Crippen LogP contribution in [0.2, 0.25) is 5.02 Å². The maximum Gasteiger partial charge on any atom is 0.188 e. The van der Waals surface area contributed by atoms with Crippen LogP contribution >= 0.6 is 11.6 Å². The van der Waals surface area contributed by atoms with Gasteiger partial charge in [-0.05, 0) is 31.2 Å². The van der Waals surface area contributed by atoms with Crippen molar-refractivity contribution in [2.75, 3.05) is 13.9 Å². The van der Waals surface area contributed by atoms with Crippen molar-refractivity contribution in [3.05, 3.63) is 70.8 Å². The van der Waals surface area contributed by atoms with Gasteiger partial charge >= 0.3 is 0 Å². The lowest BCUT2D eigenvalue weighted by Gasteiger charge is -2.14. The van der Waals surface area contributed by atoms with E-state index in [0.717, 1.165) is 5.52 Å². The first kappa shape index (κ1) is 19.3. The van der Waals surface area contributed by atoms with Gasteiger partial charge < -0.3 is 14.6 Å². The van der Waals surface area contributed by atoms with E-state index in [9.17, 15) is 9.50 Å². The standard InChI is InChI=1S/C19H17ClFN5O3/c1-11-17(19(27)18-14(20)5-3-13-8-22-9-25(13)18)23-24-26(11)12-4-6-16(15(21)7-12)29-10-28-2/h3-9,19,27H,10H2,1-2H3. The molecule has 0 aliphatic heterocycles. The average molecular weight is 418 g/mol. The van der Waals surface area contributed by atoms with Gasteiger partial charge in [-0.15, -0.1) is 5.10 Å². The van der Waals surface area contributed by atoms with Crippen molar-refractivity contribution in [1.29, 1.82) is 0 Å². The van der Waals surface area contributed by atoms with Crippen molar-refractivity contribution >= 4 is 17.1 Å². The predicted molar refractivity (Wildman–Crippen MR) is 103 cm³/mol. The second-order valence-electron chi connectivity index (χ2n) is 6.30. The van der Waals surface area contributed by atoms with Gasteiger partial charge in [-0.1, -0.05) is 16.8 Å². The molecule has 0 amide bonds. The van der Waals surface area contributed by atoms with Gasteiger partial charge in [-0.2, -0.15) is 0 Å². The van der Waals surface area contributed by atoms with Gasteiger partial charge in [-0.3, -0.25) is 4.40 Å². The Hall–Kier alpha value is -3.01. The minimum absolute atomic E-state index is 0.0600. The lowest BCUT2D eigenvalue weighted by Crippen LogP contribution is -2.09. The summed E-state index contributed by atoms with van der Waals surface area (Å²) < 4.78 is 27.3. The number of fused-ring (bicyclic) bond motifs is 1. The quantitative estimate of drug-likeness (QED) is 0.485. The van der Waals surface area contributed by atoms with Gasteiger partial charge in [0.2, 0.25) is 0 Å². The number of nitrogens with zero attached hydrogens (tertiary/aromatic N) is 5. The van der Waals surface area contributed by atoms with Crippen LogP contribution in [0.5, 0.6) is 5.75 Å². The minimum atomic E-state index is -1.15. The number of aliphatic hydroxyl groups is 1. The normalized spacial score (nSPS) is 12.4. The van der Waals surface area contributed by atoms with E-state index in [1.54, 1.807) is 42.0 Å². The molecule has 3 heterocycles. The van der Waals surface area contributed by atoms with Crippen molar-refractivity contribution in [3.8, 4) is 11.4 Å². The third kappa shape index (κ3) is 3.44. The summed E-state index contributed by atoms with van der Waals surface area (Å²) in [4.78, 5) is 4.08. The first-order chi connectivity index (χ1) is 14.0. The second-order valence-corrected chi connectivity index (χ2v) is 6.70. The van der Waals surface area contributed by atoms with E-state index in [0.29, 0.717) is 27.8 Å². The van der Waals surface area contributed by atoms with Crippen molar-refractivity contribution in [3.63, 3.8) is 0 Å². The molecule has 10 heteroatoms. The molecule has 0 bridgehead atoms. The summed E-state index contributed by atoms with van der Waals surface area (Å²) in [6, 6.07) is 7.86. The van der Waals surface area contributed by atoms with E-state index in [1.165, 1.54) is 23.9 Å². The van der Waals surface area contributed by atoms with Crippen LogP contribution in [0.1, 0.15) is 23.2 Å². The van der Waals surface area contributed by atoms with Crippen LogP contribution in [0, 0.1) is 12.7 Å². The molecule has 1 N–H and O–H groups in total. The van der Waals surface area contributed by atoms with Gasteiger partial charge in [0, 0.05) is 13.2 Å². The Balaban J connectivity index is 1.71. The Bertz CT molecular complexity index is 1180. The summed E-state index contributed by atoms with van der Waals surface area (Å²) in [5.74, 6) is -0.505. The van der Waals surface area contributed by atoms with Crippen molar-refractivity contribution < 1.29 is 19.0 Å². The lowest BCUT2D eigenvalue weighted by atomic mass is 10.1. The second kappa shape index (κ2) is 7.78. The van der Waals surface area contributed by atoms with Crippen molar-refractivity contribution in [1.82, 2.24) is 24.4 Å². The van der Waals surface area contributed by atoms with E-state index < -0.39 is 11.9 Å². The summed E-state index contributed by atoms with van der Waals surface area (Å²) in [7, 11) is 1.45. The number of rotatable bonds is 6. The third-order valence-corrected chi connectivity index (χ3v) is 4.83. The Morgan fingerprint density at radius 3 is 2.86 bits per heavy atom. The largest absolute Gasteiger partial charge is 0.464 e. The van der Waals surface area contributed by atoms with Crippen LogP contribution in [-0.2, 0) is 4.74 Å². The number of methoxy groups -OCH3 is 1. The Labute approximate surface area is 170 Å². The smallest absolute Gasteiger partial charge is 0.188 e. The predicted octanol–water partition coefficient (Wildman–Crippen LogP) is 3.08. The average Bonchev–Trinajstić information content (AvgIpc) is 3.33. The van der Waals surface area contributed by atoms with Gasteiger partial charge in [0.25, 0.3) is 0 Å². The van der Waals surface area contributed by atoms with Gasteiger partial charge in [-0.25, -0.2) is 14.1 Å². The zero-order valence-corrected chi connectivity index (χ0v) is 16.3. The molecule has 150 valence electrons. The number of hydrogen-bond donors (Lipinski definition) is 1. The fraction of sp³-hybridized carbons (Fsp3) is 0.211. The topological polar surface area (TPSA) is 86.7 Å². The van der Waals surface area contributed by atoms with Crippen LogP contribution in [0.25, 0.3) is 11.2 Å². The van der Waals surface area contributed by atoms with Crippen molar-refractivity contribution in [2.24, 2.45) is 0 Å². The summed E-state index contributed by atoms with van der Waals surface area (Å²) in [5, 5.41) is 19.5. The maximum absolute atomic E-state index is 14.3.